The molecule has 2 aromatic rings. The Morgan fingerprint density at radius 3 is 2.46 bits per heavy atom. The van der Waals surface area contributed by atoms with Crippen molar-refractivity contribution in [3.63, 3.8) is 0 Å². The minimum Gasteiger partial charge on any atom is -0.321 e. The van der Waals surface area contributed by atoms with E-state index in [2.05, 4.69) is 5.32 Å². The minimum absolute atomic E-state index is 0.225. The highest BCUT2D eigenvalue weighted by Gasteiger charge is 2.28. The second-order valence-corrected chi connectivity index (χ2v) is 6.18. The van der Waals surface area contributed by atoms with Crippen molar-refractivity contribution in [3.8, 4) is 0 Å². The van der Waals surface area contributed by atoms with Gasteiger partial charge in [-0.1, -0.05) is 23.7 Å². The third-order valence-electron chi connectivity index (χ3n) is 3.87. The molecule has 2 rings (SSSR count). The van der Waals surface area contributed by atoms with Gasteiger partial charge in [-0.2, -0.15) is 13.2 Å². The van der Waals surface area contributed by atoms with Crippen LogP contribution in [-0.2, 0) is 6.54 Å². The van der Waals surface area contributed by atoms with E-state index in [4.69, 9.17) is 11.6 Å². The van der Waals surface area contributed by atoms with Crippen molar-refractivity contribution < 1.29 is 18.0 Å². The summed E-state index contributed by atoms with van der Waals surface area (Å²) >= 11 is 5.83. The maximum absolute atomic E-state index is 12.5. The number of hydrogen-bond donors (Lipinski definition) is 1. The second kappa shape index (κ2) is 7.82. The van der Waals surface area contributed by atoms with Crippen molar-refractivity contribution in [2.45, 2.75) is 25.7 Å². The summed E-state index contributed by atoms with van der Waals surface area (Å²) in [5.74, 6) is 0. The first-order valence-electron chi connectivity index (χ1n) is 7.64. The van der Waals surface area contributed by atoms with E-state index >= 15 is 0 Å². The van der Waals surface area contributed by atoms with E-state index in [-0.39, 0.29) is 11.7 Å². The van der Waals surface area contributed by atoms with Crippen molar-refractivity contribution >= 4 is 23.3 Å². The molecular formula is C17H17ClF3N3O2. The van der Waals surface area contributed by atoms with Gasteiger partial charge in [0.15, 0.2) is 0 Å². The molecule has 26 heavy (non-hydrogen) atoms. The molecule has 0 bridgehead atoms. The van der Waals surface area contributed by atoms with Crippen LogP contribution >= 0.6 is 11.6 Å². The van der Waals surface area contributed by atoms with Crippen LogP contribution in [0.5, 0.6) is 0 Å². The van der Waals surface area contributed by atoms with Gasteiger partial charge in [0.05, 0.1) is 6.04 Å². The van der Waals surface area contributed by atoms with Gasteiger partial charge in [0.2, 0.25) is 0 Å². The Kier molecular flexibility index (Phi) is 5.97. The van der Waals surface area contributed by atoms with Crippen LogP contribution < -0.4 is 10.9 Å². The average molecular weight is 388 g/mol. The number of nitrogens with zero attached hydrogens (tertiary/aromatic N) is 2. The first-order valence-corrected chi connectivity index (χ1v) is 8.02. The zero-order valence-corrected chi connectivity index (χ0v) is 14.8. The van der Waals surface area contributed by atoms with E-state index in [1.165, 1.54) is 24.1 Å². The fourth-order valence-corrected chi connectivity index (χ4v) is 2.42. The van der Waals surface area contributed by atoms with Gasteiger partial charge >= 0.3 is 12.2 Å². The number of anilines is 1. The molecule has 0 fully saturated rings. The summed E-state index contributed by atoms with van der Waals surface area (Å²) in [6, 6.07) is 8.46. The highest BCUT2D eigenvalue weighted by Crippen LogP contribution is 2.21. The van der Waals surface area contributed by atoms with Crippen LogP contribution in [0.15, 0.2) is 47.4 Å². The third-order valence-corrected chi connectivity index (χ3v) is 4.12. The lowest BCUT2D eigenvalue weighted by atomic mass is 10.1. The van der Waals surface area contributed by atoms with Gasteiger partial charge in [0.25, 0.3) is 5.56 Å². The van der Waals surface area contributed by atoms with E-state index in [0.717, 1.165) is 11.8 Å². The van der Waals surface area contributed by atoms with Crippen LogP contribution in [0.3, 0.4) is 0 Å². The summed E-state index contributed by atoms with van der Waals surface area (Å²) in [7, 11) is 1.52. The molecule has 1 aromatic heterocycles. The molecule has 5 nitrogen and oxygen atoms in total. The summed E-state index contributed by atoms with van der Waals surface area (Å²) in [6.45, 7) is 0.350. The molecule has 1 heterocycles. The normalized spacial score (nSPS) is 12.5. The highest BCUT2D eigenvalue weighted by molar-refractivity contribution is 6.30. The van der Waals surface area contributed by atoms with Gasteiger partial charge in [-0.3, -0.25) is 4.79 Å². The Morgan fingerprint density at radius 1 is 1.27 bits per heavy atom. The Labute approximate surface area is 153 Å². The Hall–Kier alpha value is -2.48. The maximum Gasteiger partial charge on any atom is 0.406 e. The lowest BCUT2D eigenvalue weighted by Gasteiger charge is -2.25. The van der Waals surface area contributed by atoms with Crippen molar-refractivity contribution in [1.29, 1.82) is 0 Å². The second-order valence-electron chi connectivity index (χ2n) is 5.74. The summed E-state index contributed by atoms with van der Waals surface area (Å²) < 4.78 is 38.0. The number of benzene rings is 1. The number of halogens is 4. The van der Waals surface area contributed by atoms with Gasteiger partial charge in [-0.25, -0.2) is 4.79 Å². The van der Waals surface area contributed by atoms with Gasteiger partial charge in [-0.15, -0.1) is 0 Å². The molecule has 0 aliphatic rings. The number of carbonyl (C=O) groups excluding carboxylic acids is 1. The van der Waals surface area contributed by atoms with Crippen molar-refractivity contribution in [2.75, 3.05) is 12.4 Å². The standard InChI is InChI=1S/C17H17ClF3N3O2/c1-11(12-5-7-13(18)8-6-12)23(2)16(26)22-14-4-3-9-24(15(14)25)10-17(19,20)21/h3-9,11H,10H2,1-2H3,(H,22,26). The number of aromatic nitrogens is 1. The summed E-state index contributed by atoms with van der Waals surface area (Å²) in [4.78, 5) is 25.8. The molecule has 0 saturated heterocycles. The third kappa shape index (κ3) is 5.01. The SMILES string of the molecule is CC(c1ccc(Cl)cc1)N(C)C(=O)Nc1cccn(CC(F)(F)F)c1=O. The van der Waals surface area contributed by atoms with Gasteiger partial charge in [0, 0.05) is 18.3 Å². The fraction of sp³-hybridized carbons (Fsp3) is 0.294. The van der Waals surface area contributed by atoms with E-state index in [1.807, 2.05) is 0 Å². The largest absolute Gasteiger partial charge is 0.406 e. The van der Waals surface area contributed by atoms with E-state index in [9.17, 15) is 22.8 Å². The van der Waals surface area contributed by atoms with Crippen LogP contribution in [0, 0.1) is 0 Å². The predicted molar refractivity (Wildman–Crippen MR) is 93.4 cm³/mol. The predicted octanol–water partition coefficient (Wildman–Crippen LogP) is 4.29. The fourth-order valence-electron chi connectivity index (χ4n) is 2.29. The van der Waals surface area contributed by atoms with Crippen molar-refractivity contribution in [3.05, 3.63) is 63.5 Å². The van der Waals surface area contributed by atoms with Crippen LogP contribution in [0.1, 0.15) is 18.5 Å². The maximum atomic E-state index is 12.5. The van der Waals surface area contributed by atoms with Gasteiger partial charge < -0.3 is 14.8 Å². The molecule has 0 aliphatic heterocycles. The topological polar surface area (TPSA) is 54.3 Å². The zero-order chi connectivity index (χ0) is 19.5. The molecule has 0 aliphatic carbocycles. The van der Waals surface area contributed by atoms with Gasteiger partial charge in [-0.05, 0) is 36.8 Å². The molecule has 0 spiro atoms. The molecule has 1 aromatic carbocycles. The Morgan fingerprint density at radius 2 is 1.88 bits per heavy atom. The molecule has 1 unspecified atom stereocenters. The molecule has 1 atom stereocenters. The van der Waals surface area contributed by atoms with Gasteiger partial charge in [0.1, 0.15) is 12.2 Å². The Balaban J connectivity index is 2.15. The molecule has 0 radical (unpaired) electrons. The molecule has 140 valence electrons. The Bertz CT molecular complexity index is 834. The van der Waals surface area contributed by atoms with Crippen LogP contribution in [-0.4, -0.2) is 28.7 Å². The number of carbonyl (C=O) groups is 1. The number of pyridine rings is 1. The first kappa shape index (κ1) is 19.8. The average Bonchev–Trinajstić information content (AvgIpc) is 2.56. The molecule has 2 amide bonds. The number of alkyl halides is 3. The van der Waals surface area contributed by atoms with Crippen molar-refractivity contribution in [2.24, 2.45) is 0 Å². The molecule has 1 N–H and O–H groups in total. The van der Waals surface area contributed by atoms with E-state index < -0.39 is 24.3 Å². The summed E-state index contributed by atoms with van der Waals surface area (Å²) in [5, 5.41) is 2.92. The lowest BCUT2D eigenvalue weighted by molar-refractivity contribution is -0.141. The molecule has 9 heteroatoms. The number of urea groups is 1. The van der Waals surface area contributed by atoms with E-state index in [0.29, 0.717) is 9.59 Å². The number of amides is 2. The molecular weight excluding hydrogens is 371 g/mol. The number of rotatable bonds is 4. The quantitative estimate of drug-likeness (QED) is 0.850. The van der Waals surface area contributed by atoms with Crippen LogP contribution in [0.2, 0.25) is 5.02 Å². The number of nitrogens with one attached hydrogen (secondary N) is 1. The van der Waals surface area contributed by atoms with Crippen LogP contribution in [0.4, 0.5) is 23.7 Å². The molecule has 0 saturated carbocycles. The lowest BCUT2D eigenvalue weighted by Crippen LogP contribution is -2.36. The van der Waals surface area contributed by atoms with E-state index in [1.54, 1.807) is 31.2 Å². The van der Waals surface area contributed by atoms with Crippen molar-refractivity contribution in [1.82, 2.24) is 9.47 Å². The monoisotopic (exact) mass is 387 g/mol. The minimum atomic E-state index is -4.54. The number of hydrogen-bond acceptors (Lipinski definition) is 2. The van der Waals surface area contributed by atoms with Crippen LogP contribution in [0.25, 0.3) is 0 Å². The smallest absolute Gasteiger partial charge is 0.321 e. The zero-order valence-electron chi connectivity index (χ0n) is 14.0. The summed E-state index contributed by atoms with van der Waals surface area (Å²) in [5.41, 5.74) is -0.336. The summed E-state index contributed by atoms with van der Waals surface area (Å²) in [6.07, 6.45) is -3.52. The highest BCUT2D eigenvalue weighted by atomic mass is 35.5. The first-order chi connectivity index (χ1) is 12.1.